The zero-order valence-corrected chi connectivity index (χ0v) is 15.1. The van der Waals surface area contributed by atoms with Crippen LogP contribution in [0.2, 0.25) is 0 Å². The van der Waals surface area contributed by atoms with Gasteiger partial charge in [-0.2, -0.15) is 0 Å². The molecule has 6 nitrogen and oxygen atoms in total. The van der Waals surface area contributed by atoms with Gasteiger partial charge in [-0.25, -0.2) is 27.7 Å². The molecular formula is C15H20N4O2S2. The second-order valence-corrected chi connectivity index (χ2v) is 9.22. The van der Waals surface area contributed by atoms with Gasteiger partial charge in [0.2, 0.25) is 10.0 Å². The van der Waals surface area contributed by atoms with Crippen LogP contribution in [0.4, 0.5) is 0 Å². The predicted molar refractivity (Wildman–Crippen MR) is 90.8 cm³/mol. The third-order valence-corrected chi connectivity index (χ3v) is 6.55. The van der Waals surface area contributed by atoms with Gasteiger partial charge in [-0.3, -0.25) is 0 Å². The number of thiazole rings is 1. The van der Waals surface area contributed by atoms with E-state index in [1.54, 1.807) is 22.0 Å². The first-order chi connectivity index (χ1) is 10.8. The molecule has 0 amide bonds. The van der Waals surface area contributed by atoms with E-state index in [0.29, 0.717) is 19.0 Å². The molecule has 124 valence electrons. The number of hydrogen-bond donors (Lipinski definition) is 0. The van der Waals surface area contributed by atoms with Crippen molar-refractivity contribution in [2.75, 3.05) is 19.3 Å². The molecule has 1 unspecified atom stereocenters. The number of aryl methyl sites for hydroxylation is 2. The van der Waals surface area contributed by atoms with Gasteiger partial charge in [0, 0.05) is 23.7 Å². The molecule has 0 bridgehead atoms. The standard InChI is InChI=1S/C15H20N4O2S2/c1-10-11(2)22-15(18-10)14-7-13(16-9-17-14)6-12-4-5-19(8-12)23(3,20)21/h7,9,12H,4-6,8H2,1-3H3. The molecule has 3 heterocycles. The third-order valence-electron chi connectivity index (χ3n) is 4.19. The number of hydrogen-bond acceptors (Lipinski definition) is 6. The van der Waals surface area contributed by atoms with Gasteiger partial charge >= 0.3 is 0 Å². The van der Waals surface area contributed by atoms with Crippen molar-refractivity contribution < 1.29 is 8.42 Å². The number of aromatic nitrogens is 3. The van der Waals surface area contributed by atoms with Gasteiger partial charge in [0.1, 0.15) is 17.0 Å². The molecular weight excluding hydrogens is 332 g/mol. The molecule has 23 heavy (non-hydrogen) atoms. The fourth-order valence-corrected chi connectivity index (χ4v) is 4.57. The minimum atomic E-state index is -3.09. The molecule has 0 saturated carbocycles. The van der Waals surface area contributed by atoms with Crippen LogP contribution < -0.4 is 0 Å². The first-order valence-electron chi connectivity index (χ1n) is 7.53. The number of rotatable bonds is 4. The van der Waals surface area contributed by atoms with Crippen LogP contribution >= 0.6 is 11.3 Å². The first-order valence-corrected chi connectivity index (χ1v) is 10.2. The van der Waals surface area contributed by atoms with Gasteiger partial charge < -0.3 is 0 Å². The minimum Gasteiger partial charge on any atom is -0.241 e. The third kappa shape index (κ3) is 3.76. The minimum absolute atomic E-state index is 0.312. The number of nitrogens with zero attached hydrogens (tertiary/aromatic N) is 4. The summed E-state index contributed by atoms with van der Waals surface area (Å²) in [5, 5.41) is 0.910. The molecule has 8 heteroatoms. The Morgan fingerprint density at radius 2 is 2.13 bits per heavy atom. The lowest BCUT2D eigenvalue weighted by Gasteiger charge is -2.13. The van der Waals surface area contributed by atoms with Crippen molar-refractivity contribution in [2.45, 2.75) is 26.7 Å². The Hall–Kier alpha value is -1.38. The smallest absolute Gasteiger partial charge is 0.211 e. The molecule has 3 rings (SSSR count). The summed E-state index contributed by atoms with van der Waals surface area (Å²) in [6.07, 6.45) is 4.48. The maximum absolute atomic E-state index is 11.6. The van der Waals surface area contributed by atoms with E-state index in [-0.39, 0.29) is 0 Å². The lowest BCUT2D eigenvalue weighted by Crippen LogP contribution is -2.27. The van der Waals surface area contributed by atoms with E-state index >= 15 is 0 Å². The van der Waals surface area contributed by atoms with E-state index in [9.17, 15) is 8.42 Å². The fourth-order valence-electron chi connectivity index (χ4n) is 2.77. The van der Waals surface area contributed by atoms with Crippen LogP contribution in [-0.2, 0) is 16.4 Å². The summed E-state index contributed by atoms with van der Waals surface area (Å²) in [6.45, 7) is 5.23. The number of sulfonamides is 1. The molecule has 0 aromatic carbocycles. The molecule has 1 aliphatic rings. The average molecular weight is 352 g/mol. The lowest BCUT2D eigenvalue weighted by atomic mass is 10.0. The molecule has 0 spiro atoms. The Labute approximate surface area is 140 Å². The van der Waals surface area contributed by atoms with Crippen molar-refractivity contribution >= 4 is 21.4 Å². The average Bonchev–Trinajstić information content (AvgIpc) is 3.07. The maximum Gasteiger partial charge on any atom is 0.211 e. The van der Waals surface area contributed by atoms with Crippen LogP contribution in [0.15, 0.2) is 12.4 Å². The molecule has 2 aromatic heterocycles. The zero-order chi connectivity index (χ0) is 16.6. The Bertz CT molecular complexity index is 797. The Kier molecular flexibility index (Phi) is 4.48. The monoisotopic (exact) mass is 352 g/mol. The summed E-state index contributed by atoms with van der Waals surface area (Å²) in [5.41, 5.74) is 2.82. The molecule has 0 radical (unpaired) electrons. The zero-order valence-electron chi connectivity index (χ0n) is 13.5. The summed E-state index contributed by atoms with van der Waals surface area (Å²) in [7, 11) is -3.09. The van der Waals surface area contributed by atoms with E-state index in [4.69, 9.17) is 0 Å². The van der Waals surface area contributed by atoms with Crippen molar-refractivity contribution in [1.29, 1.82) is 0 Å². The molecule has 1 atom stereocenters. The highest BCUT2D eigenvalue weighted by Gasteiger charge is 2.28. The topological polar surface area (TPSA) is 76.1 Å². The normalized spacial score (nSPS) is 19.3. The fraction of sp³-hybridized carbons (Fsp3) is 0.533. The van der Waals surface area contributed by atoms with Crippen molar-refractivity contribution in [2.24, 2.45) is 5.92 Å². The van der Waals surface area contributed by atoms with Crippen LogP contribution in [0.3, 0.4) is 0 Å². The maximum atomic E-state index is 11.6. The van der Waals surface area contributed by atoms with Gasteiger partial charge in [0.25, 0.3) is 0 Å². The van der Waals surface area contributed by atoms with Crippen LogP contribution in [0.5, 0.6) is 0 Å². The van der Waals surface area contributed by atoms with Gasteiger partial charge in [0.05, 0.1) is 11.9 Å². The Balaban J connectivity index is 1.74. The molecule has 1 fully saturated rings. The second kappa shape index (κ2) is 6.26. The van der Waals surface area contributed by atoms with Crippen LogP contribution in [0, 0.1) is 19.8 Å². The quantitative estimate of drug-likeness (QED) is 0.842. The summed E-state index contributed by atoms with van der Waals surface area (Å²) >= 11 is 1.63. The van der Waals surface area contributed by atoms with Gasteiger partial charge in [0.15, 0.2) is 0 Å². The predicted octanol–water partition coefficient (Wildman–Crippen LogP) is 2.04. The first kappa shape index (κ1) is 16.5. The SMILES string of the molecule is Cc1nc(-c2cc(CC3CCN(S(C)(=O)=O)C3)ncn2)sc1C. The highest BCUT2D eigenvalue weighted by Crippen LogP contribution is 2.27. The Morgan fingerprint density at radius 3 is 2.74 bits per heavy atom. The van der Waals surface area contributed by atoms with Crippen LogP contribution in [0.25, 0.3) is 10.7 Å². The van der Waals surface area contributed by atoms with Crippen molar-refractivity contribution in [3.05, 3.63) is 28.7 Å². The van der Waals surface area contributed by atoms with Crippen LogP contribution in [-0.4, -0.2) is 47.0 Å². The van der Waals surface area contributed by atoms with Gasteiger partial charge in [-0.05, 0) is 38.7 Å². The molecule has 2 aromatic rings. The summed E-state index contributed by atoms with van der Waals surface area (Å²) in [5.74, 6) is 0.312. The molecule has 1 saturated heterocycles. The van der Waals surface area contributed by atoms with E-state index < -0.39 is 10.0 Å². The van der Waals surface area contributed by atoms with Crippen molar-refractivity contribution in [3.63, 3.8) is 0 Å². The summed E-state index contributed by atoms with van der Waals surface area (Å²) in [4.78, 5) is 14.4. The Morgan fingerprint density at radius 1 is 1.35 bits per heavy atom. The summed E-state index contributed by atoms with van der Waals surface area (Å²) < 4.78 is 24.7. The largest absolute Gasteiger partial charge is 0.241 e. The van der Waals surface area contributed by atoms with Gasteiger partial charge in [-0.15, -0.1) is 11.3 Å². The second-order valence-electron chi connectivity index (χ2n) is 6.04. The molecule has 1 aliphatic heterocycles. The van der Waals surface area contributed by atoms with E-state index in [1.807, 2.05) is 13.0 Å². The lowest BCUT2D eigenvalue weighted by molar-refractivity contribution is 0.459. The van der Waals surface area contributed by atoms with E-state index in [2.05, 4.69) is 21.9 Å². The molecule has 0 aliphatic carbocycles. The highest BCUT2D eigenvalue weighted by molar-refractivity contribution is 7.88. The van der Waals surface area contributed by atoms with E-state index in [0.717, 1.165) is 34.9 Å². The van der Waals surface area contributed by atoms with Crippen molar-refractivity contribution in [3.8, 4) is 10.7 Å². The highest BCUT2D eigenvalue weighted by atomic mass is 32.2. The molecule has 0 N–H and O–H groups in total. The van der Waals surface area contributed by atoms with Crippen molar-refractivity contribution in [1.82, 2.24) is 19.3 Å². The summed E-state index contributed by atoms with van der Waals surface area (Å²) in [6, 6.07) is 1.97. The van der Waals surface area contributed by atoms with Crippen LogP contribution in [0.1, 0.15) is 22.7 Å². The van der Waals surface area contributed by atoms with Gasteiger partial charge in [-0.1, -0.05) is 0 Å². The van der Waals surface area contributed by atoms with E-state index in [1.165, 1.54) is 11.1 Å².